The molecule has 0 aromatic heterocycles. The molecule has 0 fully saturated rings. The van der Waals surface area contributed by atoms with E-state index in [1.54, 1.807) is 0 Å². The zero-order chi connectivity index (χ0) is 9.23. The fourth-order valence-corrected chi connectivity index (χ4v) is 1.10. The second-order valence-electron chi connectivity index (χ2n) is 3.25. The number of rotatable bonds is 6. The molecule has 0 unspecified atom stereocenters. The van der Waals surface area contributed by atoms with Crippen LogP contribution < -0.4 is 0 Å². The van der Waals surface area contributed by atoms with E-state index in [-0.39, 0.29) is 0 Å². The second kappa shape index (κ2) is 8.58. The molecule has 0 aliphatic heterocycles. The van der Waals surface area contributed by atoms with Crippen LogP contribution in [0.5, 0.6) is 0 Å². The summed E-state index contributed by atoms with van der Waals surface area (Å²) in [5.74, 6) is 0. The van der Waals surface area contributed by atoms with Crippen molar-refractivity contribution in [3.05, 3.63) is 23.8 Å². The van der Waals surface area contributed by atoms with Gasteiger partial charge >= 0.3 is 0 Å². The zero-order valence-corrected chi connectivity index (χ0v) is 8.77. The van der Waals surface area contributed by atoms with Gasteiger partial charge in [0.1, 0.15) is 0 Å². The highest BCUT2D eigenvalue weighted by Crippen LogP contribution is 2.04. The Morgan fingerprint density at radius 2 is 1.92 bits per heavy atom. The second-order valence-corrected chi connectivity index (χ2v) is 3.25. The average molecular weight is 166 g/mol. The molecule has 0 heterocycles. The SMILES string of the molecule is CCC=CC(C)=CCCCCC. The lowest BCUT2D eigenvalue weighted by Gasteiger charge is -1.94. The monoisotopic (exact) mass is 166 g/mol. The molecule has 0 nitrogen and oxygen atoms in total. The van der Waals surface area contributed by atoms with Crippen molar-refractivity contribution in [3.8, 4) is 0 Å². The van der Waals surface area contributed by atoms with Gasteiger partial charge in [-0.15, -0.1) is 0 Å². The van der Waals surface area contributed by atoms with Gasteiger partial charge in [-0.05, 0) is 26.2 Å². The highest BCUT2D eigenvalue weighted by Gasteiger charge is 1.83. The van der Waals surface area contributed by atoms with E-state index < -0.39 is 0 Å². The standard InChI is InChI=1S/C12H22/c1-4-6-8-9-11-12(3)10-7-5-2/h7,10-11H,4-6,8-9H2,1-3H3. The molecule has 0 aromatic rings. The topological polar surface area (TPSA) is 0 Å². The van der Waals surface area contributed by atoms with E-state index in [0.717, 1.165) is 6.42 Å². The maximum absolute atomic E-state index is 2.34. The molecule has 0 aliphatic rings. The summed E-state index contributed by atoms with van der Waals surface area (Å²) < 4.78 is 0. The van der Waals surface area contributed by atoms with Crippen LogP contribution >= 0.6 is 0 Å². The quantitative estimate of drug-likeness (QED) is 0.403. The summed E-state index contributed by atoms with van der Waals surface area (Å²) >= 11 is 0. The van der Waals surface area contributed by atoms with Crippen molar-refractivity contribution in [3.63, 3.8) is 0 Å². The summed E-state index contributed by atoms with van der Waals surface area (Å²) in [6.45, 7) is 6.59. The molecule has 12 heavy (non-hydrogen) atoms. The predicted octanol–water partition coefficient (Wildman–Crippen LogP) is 4.48. The van der Waals surface area contributed by atoms with Crippen LogP contribution in [0.15, 0.2) is 23.8 Å². The van der Waals surface area contributed by atoms with E-state index in [1.807, 2.05) is 0 Å². The summed E-state index contributed by atoms with van der Waals surface area (Å²) in [7, 11) is 0. The lowest BCUT2D eigenvalue weighted by molar-refractivity contribution is 0.728. The molecule has 0 rings (SSSR count). The Labute approximate surface area is 77.4 Å². The summed E-state index contributed by atoms with van der Waals surface area (Å²) in [6.07, 6.45) is 13.2. The van der Waals surface area contributed by atoms with Gasteiger partial charge in [-0.3, -0.25) is 0 Å². The van der Waals surface area contributed by atoms with Crippen LogP contribution in [0.4, 0.5) is 0 Å². The van der Waals surface area contributed by atoms with Crippen LogP contribution in [0.1, 0.15) is 52.9 Å². The Morgan fingerprint density at radius 1 is 1.17 bits per heavy atom. The first kappa shape index (κ1) is 11.5. The van der Waals surface area contributed by atoms with Crippen LogP contribution in [0.2, 0.25) is 0 Å². The lowest BCUT2D eigenvalue weighted by Crippen LogP contribution is -1.73. The smallest absolute Gasteiger partial charge is 0.0345 e. The normalized spacial score (nSPS) is 12.8. The number of allylic oxidation sites excluding steroid dienone is 4. The number of hydrogen-bond acceptors (Lipinski definition) is 0. The third-order valence-corrected chi connectivity index (χ3v) is 1.89. The molecule has 0 saturated heterocycles. The van der Waals surface area contributed by atoms with Crippen molar-refractivity contribution >= 4 is 0 Å². The van der Waals surface area contributed by atoms with Crippen molar-refractivity contribution in [2.24, 2.45) is 0 Å². The molecule has 70 valence electrons. The molecular weight excluding hydrogens is 144 g/mol. The Morgan fingerprint density at radius 3 is 2.50 bits per heavy atom. The molecule has 0 N–H and O–H groups in total. The van der Waals surface area contributed by atoms with Crippen LogP contribution in [-0.4, -0.2) is 0 Å². The molecule has 0 atom stereocenters. The van der Waals surface area contributed by atoms with Gasteiger partial charge in [0.15, 0.2) is 0 Å². The van der Waals surface area contributed by atoms with Crippen LogP contribution in [0, 0.1) is 0 Å². The number of hydrogen-bond donors (Lipinski definition) is 0. The van der Waals surface area contributed by atoms with Crippen molar-refractivity contribution in [2.45, 2.75) is 52.9 Å². The van der Waals surface area contributed by atoms with Crippen molar-refractivity contribution in [1.82, 2.24) is 0 Å². The van der Waals surface area contributed by atoms with E-state index in [9.17, 15) is 0 Å². The largest absolute Gasteiger partial charge is 0.0846 e. The van der Waals surface area contributed by atoms with Gasteiger partial charge in [0.25, 0.3) is 0 Å². The Hall–Kier alpha value is -0.520. The highest BCUT2D eigenvalue weighted by molar-refractivity contribution is 5.15. The summed E-state index contributed by atoms with van der Waals surface area (Å²) in [5.41, 5.74) is 1.41. The van der Waals surface area contributed by atoms with Crippen LogP contribution in [0.25, 0.3) is 0 Å². The predicted molar refractivity (Wildman–Crippen MR) is 57.3 cm³/mol. The summed E-state index contributed by atoms with van der Waals surface area (Å²) in [6, 6.07) is 0. The summed E-state index contributed by atoms with van der Waals surface area (Å²) in [5, 5.41) is 0. The average Bonchev–Trinajstić information content (AvgIpc) is 2.09. The minimum absolute atomic E-state index is 1.14. The molecule has 0 aromatic carbocycles. The first-order valence-corrected chi connectivity index (χ1v) is 5.14. The van der Waals surface area contributed by atoms with Crippen LogP contribution in [-0.2, 0) is 0 Å². The third-order valence-electron chi connectivity index (χ3n) is 1.89. The molecule has 0 spiro atoms. The van der Waals surface area contributed by atoms with Crippen molar-refractivity contribution < 1.29 is 0 Å². The number of unbranched alkanes of at least 4 members (excludes halogenated alkanes) is 3. The lowest BCUT2D eigenvalue weighted by atomic mass is 10.1. The Kier molecular flexibility index (Phi) is 8.20. The first-order valence-electron chi connectivity index (χ1n) is 5.14. The minimum Gasteiger partial charge on any atom is -0.0846 e. The summed E-state index contributed by atoms with van der Waals surface area (Å²) in [4.78, 5) is 0. The molecule has 0 amide bonds. The van der Waals surface area contributed by atoms with E-state index in [2.05, 4.69) is 39.0 Å². The molecule has 0 saturated carbocycles. The maximum atomic E-state index is 2.34. The molecule has 0 bridgehead atoms. The van der Waals surface area contributed by atoms with Crippen LogP contribution in [0.3, 0.4) is 0 Å². The van der Waals surface area contributed by atoms with E-state index >= 15 is 0 Å². The van der Waals surface area contributed by atoms with Gasteiger partial charge in [0.05, 0.1) is 0 Å². The van der Waals surface area contributed by atoms with Gasteiger partial charge in [0, 0.05) is 0 Å². The Balaban J connectivity index is 3.47. The van der Waals surface area contributed by atoms with Crippen molar-refractivity contribution in [1.29, 1.82) is 0 Å². The van der Waals surface area contributed by atoms with E-state index in [1.165, 1.54) is 31.3 Å². The van der Waals surface area contributed by atoms with Gasteiger partial charge in [-0.2, -0.15) is 0 Å². The van der Waals surface area contributed by atoms with Crippen molar-refractivity contribution in [2.75, 3.05) is 0 Å². The van der Waals surface area contributed by atoms with E-state index in [4.69, 9.17) is 0 Å². The molecule has 0 heteroatoms. The fourth-order valence-electron chi connectivity index (χ4n) is 1.10. The highest BCUT2D eigenvalue weighted by atomic mass is 13.9. The zero-order valence-electron chi connectivity index (χ0n) is 8.77. The third kappa shape index (κ3) is 7.59. The fraction of sp³-hybridized carbons (Fsp3) is 0.667. The van der Waals surface area contributed by atoms with Gasteiger partial charge < -0.3 is 0 Å². The minimum atomic E-state index is 1.14. The molecular formula is C12H22. The van der Waals surface area contributed by atoms with Gasteiger partial charge in [-0.1, -0.05) is 50.5 Å². The molecule has 0 aliphatic carbocycles. The first-order chi connectivity index (χ1) is 5.81. The van der Waals surface area contributed by atoms with Gasteiger partial charge in [0.2, 0.25) is 0 Å². The Bertz CT molecular complexity index is 140. The van der Waals surface area contributed by atoms with E-state index in [0.29, 0.717) is 0 Å². The molecule has 0 radical (unpaired) electrons. The van der Waals surface area contributed by atoms with Gasteiger partial charge in [-0.25, -0.2) is 0 Å². The maximum Gasteiger partial charge on any atom is -0.0345 e.